The smallest absolute Gasteiger partial charge is 0.103 e. The number of fused-ring (bicyclic) bond motifs is 8. The molecule has 0 atom stereocenters. The predicted molar refractivity (Wildman–Crippen MR) is 277 cm³/mol. The maximum absolute atomic E-state index is 2.52. The monoisotopic (exact) mass is 871 g/mol. The van der Waals surface area contributed by atoms with Crippen LogP contribution in [0.3, 0.4) is 0 Å². The molecule has 302 valence electrons. The quantitative estimate of drug-likeness (QED) is 0.148. The first kappa shape index (κ1) is 37.1. The molecule has 0 amide bonds. The molecule has 0 aliphatic heterocycles. The largest absolute Gasteiger partial charge is 0.306 e. The number of aromatic nitrogens is 2. The van der Waals surface area contributed by atoms with Crippen LogP contribution in [0, 0.1) is 0 Å². The van der Waals surface area contributed by atoms with Crippen LogP contribution < -0.4 is 4.90 Å². The fourth-order valence-corrected chi connectivity index (χ4v) is 13.0. The van der Waals surface area contributed by atoms with Crippen LogP contribution in [0.15, 0.2) is 224 Å². The summed E-state index contributed by atoms with van der Waals surface area (Å²) in [6, 6.07) is 79.4. The zero-order chi connectivity index (χ0) is 42.1. The van der Waals surface area contributed by atoms with Crippen molar-refractivity contribution in [1.82, 2.24) is 9.13 Å². The first-order valence-electron chi connectivity index (χ1n) is 21.5. The van der Waals surface area contributed by atoms with Gasteiger partial charge in [0, 0.05) is 22.7 Å². The maximum Gasteiger partial charge on any atom is 0.103 e. The highest BCUT2D eigenvalue weighted by Gasteiger charge is 2.28. The molecule has 0 spiro atoms. The number of anilines is 3. The van der Waals surface area contributed by atoms with Gasteiger partial charge in [-0.3, -0.25) is 0 Å². The van der Waals surface area contributed by atoms with Gasteiger partial charge in [-0.1, -0.05) is 152 Å². The molecular weight excluding hydrogens is 835 g/mol. The second kappa shape index (κ2) is 15.1. The summed E-state index contributed by atoms with van der Waals surface area (Å²) in [6.45, 7) is 0. The van der Waals surface area contributed by atoms with Crippen molar-refractivity contribution in [3.63, 3.8) is 0 Å². The molecule has 13 aromatic rings. The van der Waals surface area contributed by atoms with Crippen LogP contribution >= 0.6 is 34.0 Å². The number of thiophene rings is 3. The molecule has 0 N–H and O–H groups in total. The van der Waals surface area contributed by atoms with Gasteiger partial charge >= 0.3 is 0 Å². The summed E-state index contributed by atoms with van der Waals surface area (Å²) in [5, 5.41) is 5.92. The minimum atomic E-state index is 1.12. The van der Waals surface area contributed by atoms with Gasteiger partial charge in [-0.25, -0.2) is 0 Å². The minimum absolute atomic E-state index is 1.12. The molecule has 0 saturated heterocycles. The standard InChI is InChI=1S/C58H37N3S3/c1-4-12-38(13-5-1)41-22-28-47(29-23-41)59(48-30-24-42(25-31-48)39-14-6-2-7-15-39)52-37-51-56(63-52)58-54(61(51)46-18-8-3-9-19-46)53-57(64-58)55-50(34-35-62-55)60(53)49-32-26-43(27-33-49)45-21-20-40-16-10-11-17-44(40)36-45/h1-37H. The lowest BCUT2D eigenvalue weighted by molar-refractivity contribution is 1.15. The van der Waals surface area contributed by atoms with E-state index in [1.165, 1.54) is 90.0 Å². The number of rotatable bonds is 8. The van der Waals surface area contributed by atoms with Crippen molar-refractivity contribution in [3.8, 4) is 44.8 Å². The Morgan fingerprint density at radius 2 is 0.812 bits per heavy atom. The van der Waals surface area contributed by atoms with Gasteiger partial charge in [-0.2, -0.15) is 0 Å². The summed E-state index contributed by atoms with van der Waals surface area (Å²) in [4.78, 5) is 2.43. The maximum atomic E-state index is 2.52. The first-order chi connectivity index (χ1) is 31.7. The van der Waals surface area contributed by atoms with Crippen LogP contribution in [0.1, 0.15) is 0 Å². The molecule has 0 aliphatic carbocycles. The molecule has 5 aromatic heterocycles. The van der Waals surface area contributed by atoms with E-state index in [0.717, 1.165) is 22.7 Å². The van der Waals surface area contributed by atoms with E-state index in [4.69, 9.17) is 0 Å². The van der Waals surface area contributed by atoms with Crippen molar-refractivity contribution in [3.05, 3.63) is 224 Å². The normalized spacial score (nSPS) is 11.8. The Hall–Kier alpha value is -7.48. The Morgan fingerprint density at radius 3 is 1.45 bits per heavy atom. The van der Waals surface area contributed by atoms with E-state index in [9.17, 15) is 0 Å². The third-order valence-electron chi connectivity index (χ3n) is 12.5. The summed E-state index contributed by atoms with van der Waals surface area (Å²) < 4.78 is 10.3. The van der Waals surface area contributed by atoms with Gasteiger partial charge in [-0.05, 0) is 116 Å². The Labute approximate surface area is 382 Å². The van der Waals surface area contributed by atoms with Crippen LogP contribution in [0.4, 0.5) is 16.4 Å². The van der Waals surface area contributed by atoms with E-state index in [2.05, 4.69) is 238 Å². The van der Waals surface area contributed by atoms with E-state index < -0.39 is 0 Å². The van der Waals surface area contributed by atoms with Crippen LogP contribution in [-0.2, 0) is 0 Å². The fraction of sp³-hybridized carbons (Fsp3) is 0. The minimum Gasteiger partial charge on any atom is -0.306 e. The second-order valence-electron chi connectivity index (χ2n) is 16.2. The average molecular weight is 872 g/mol. The number of nitrogens with zero attached hydrogens (tertiary/aromatic N) is 3. The van der Waals surface area contributed by atoms with Crippen molar-refractivity contribution in [2.45, 2.75) is 0 Å². The van der Waals surface area contributed by atoms with Crippen LogP contribution in [0.5, 0.6) is 0 Å². The Kier molecular flexibility index (Phi) is 8.76. The van der Waals surface area contributed by atoms with Crippen molar-refractivity contribution in [2.75, 3.05) is 4.90 Å². The summed E-state index contributed by atoms with van der Waals surface area (Å²) in [6.07, 6.45) is 0. The molecule has 6 heteroatoms. The molecule has 0 bridgehead atoms. The van der Waals surface area contributed by atoms with Gasteiger partial charge in [0.1, 0.15) is 5.00 Å². The molecule has 0 unspecified atom stereocenters. The predicted octanol–water partition coefficient (Wildman–Crippen LogP) is 17.7. The Balaban J connectivity index is 0.995. The third kappa shape index (κ3) is 6.06. The zero-order valence-corrected chi connectivity index (χ0v) is 36.9. The zero-order valence-electron chi connectivity index (χ0n) is 34.4. The topological polar surface area (TPSA) is 13.1 Å². The highest BCUT2D eigenvalue weighted by atomic mass is 32.1. The highest BCUT2D eigenvalue weighted by Crippen LogP contribution is 2.53. The second-order valence-corrected chi connectivity index (χ2v) is 19.1. The van der Waals surface area contributed by atoms with E-state index in [0.29, 0.717) is 0 Å². The molecular formula is C58H37N3S3. The van der Waals surface area contributed by atoms with Gasteiger partial charge in [-0.15, -0.1) is 34.0 Å². The van der Waals surface area contributed by atoms with Gasteiger partial charge in [0.25, 0.3) is 0 Å². The van der Waals surface area contributed by atoms with Crippen LogP contribution in [0.2, 0.25) is 0 Å². The molecule has 0 fully saturated rings. The Bertz CT molecular complexity index is 3710. The molecule has 13 rings (SSSR count). The van der Waals surface area contributed by atoms with E-state index in [1.807, 2.05) is 34.0 Å². The van der Waals surface area contributed by atoms with Crippen molar-refractivity contribution in [2.24, 2.45) is 0 Å². The highest BCUT2D eigenvalue weighted by molar-refractivity contribution is 7.34. The van der Waals surface area contributed by atoms with Gasteiger partial charge in [0.2, 0.25) is 0 Å². The summed E-state index contributed by atoms with van der Waals surface area (Å²) in [7, 11) is 0. The van der Waals surface area contributed by atoms with E-state index >= 15 is 0 Å². The number of para-hydroxylation sites is 1. The molecule has 0 saturated carbocycles. The summed E-state index contributed by atoms with van der Waals surface area (Å²) in [5.74, 6) is 0. The summed E-state index contributed by atoms with van der Waals surface area (Å²) in [5.41, 5.74) is 16.8. The third-order valence-corrected chi connectivity index (χ3v) is 16.0. The van der Waals surface area contributed by atoms with Crippen molar-refractivity contribution >= 4 is 102 Å². The molecule has 5 heterocycles. The lowest BCUT2D eigenvalue weighted by Crippen LogP contribution is -2.08. The van der Waals surface area contributed by atoms with Crippen molar-refractivity contribution < 1.29 is 0 Å². The average Bonchev–Trinajstić information content (AvgIpc) is 4.19. The number of benzene rings is 8. The van der Waals surface area contributed by atoms with E-state index in [-0.39, 0.29) is 0 Å². The lowest BCUT2D eigenvalue weighted by atomic mass is 10.0. The molecule has 8 aromatic carbocycles. The SMILES string of the molecule is c1ccc(-c2ccc(N(c3ccc(-c4ccccc4)cc3)c3cc4c(s3)c3sc5c6sccc6n(-c6ccc(-c7ccc8ccccc8c7)cc6)c5c3n4-c3ccccc3)cc2)cc1. The molecule has 64 heavy (non-hydrogen) atoms. The lowest BCUT2D eigenvalue weighted by Gasteiger charge is -2.24. The van der Waals surface area contributed by atoms with Crippen molar-refractivity contribution in [1.29, 1.82) is 0 Å². The Morgan fingerprint density at radius 1 is 0.328 bits per heavy atom. The van der Waals surface area contributed by atoms with Gasteiger partial charge < -0.3 is 14.0 Å². The number of hydrogen-bond donors (Lipinski definition) is 0. The molecule has 0 radical (unpaired) electrons. The first-order valence-corrected chi connectivity index (χ1v) is 24.0. The number of hydrogen-bond acceptors (Lipinski definition) is 4. The van der Waals surface area contributed by atoms with Gasteiger partial charge in [0.15, 0.2) is 0 Å². The fourth-order valence-electron chi connectivity index (χ4n) is 9.39. The molecule has 0 aliphatic rings. The van der Waals surface area contributed by atoms with Crippen LogP contribution in [0.25, 0.3) is 96.4 Å². The molecule has 3 nitrogen and oxygen atoms in total. The van der Waals surface area contributed by atoms with Crippen LogP contribution in [-0.4, -0.2) is 9.13 Å². The van der Waals surface area contributed by atoms with Gasteiger partial charge in [0.05, 0.1) is 40.9 Å². The van der Waals surface area contributed by atoms with E-state index in [1.54, 1.807) is 0 Å². The summed E-state index contributed by atoms with van der Waals surface area (Å²) >= 11 is 5.65.